The minimum atomic E-state index is 0.0939. The molecule has 94 valence electrons. The summed E-state index contributed by atoms with van der Waals surface area (Å²) in [5.74, 6) is 0.532. The van der Waals surface area contributed by atoms with Gasteiger partial charge in [0.25, 0.3) is 0 Å². The highest BCUT2D eigenvalue weighted by molar-refractivity contribution is 7.05. The Morgan fingerprint density at radius 1 is 1.47 bits per heavy atom. The highest BCUT2D eigenvalue weighted by Crippen LogP contribution is 2.44. The van der Waals surface area contributed by atoms with Crippen molar-refractivity contribution in [1.82, 2.24) is 9.59 Å². The van der Waals surface area contributed by atoms with Crippen molar-refractivity contribution in [3.8, 4) is 0 Å². The van der Waals surface area contributed by atoms with Gasteiger partial charge >= 0.3 is 0 Å². The lowest BCUT2D eigenvalue weighted by molar-refractivity contribution is -0.0962. The predicted molar refractivity (Wildman–Crippen MR) is 66.7 cm³/mol. The highest BCUT2D eigenvalue weighted by atomic mass is 32.1. The second-order valence-corrected chi connectivity index (χ2v) is 6.15. The van der Waals surface area contributed by atoms with Crippen LogP contribution in [-0.4, -0.2) is 21.8 Å². The molecule has 17 heavy (non-hydrogen) atoms. The fourth-order valence-corrected chi connectivity index (χ4v) is 3.89. The predicted octanol–water partition coefficient (Wildman–Crippen LogP) is 2.28. The monoisotopic (exact) mass is 253 g/mol. The Hall–Kier alpha value is -0.520. The van der Waals surface area contributed by atoms with Gasteiger partial charge in [-0.3, -0.25) is 0 Å². The van der Waals surface area contributed by atoms with Crippen LogP contribution in [0.1, 0.15) is 49.4 Å². The number of nitrogens with two attached hydrogens (primary N) is 1. The second-order valence-electron chi connectivity index (χ2n) is 5.34. The number of ether oxygens (including phenoxy) is 1. The van der Waals surface area contributed by atoms with Crippen LogP contribution in [-0.2, 0) is 4.74 Å². The van der Waals surface area contributed by atoms with Gasteiger partial charge in [-0.2, -0.15) is 0 Å². The van der Waals surface area contributed by atoms with E-state index in [2.05, 4.69) is 9.59 Å². The van der Waals surface area contributed by atoms with Crippen LogP contribution in [0.2, 0.25) is 0 Å². The van der Waals surface area contributed by atoms with E-state index in [1.54, 1.807) is 0 Å². The Balaban J connectivity index is 1.71. The van der Waals surface area contributed by atoms with E-state index in [0.717, 1.165) is 24.3 Å². The van der Waals surface area contributed by atoms with E-state index in [4.69, 9.17) is 10.5 Å². The molecule has 1 saturated carbocycles. The summed E-state index contributed by atoms with van der Waals surface area (Å²) in [6.45, 7) is 0.866. The number of rotatable bonds is 2. The van der Waals surface area contributed by atoms with Gasteiger partial charge in [-0.15, -0.1) is 5.10 Å². The van der Waals surface area contributed by atoms with Crippen LogP contribution in [0.5, 0.6) is 0 Å². The topological polar surface area (TPSA) is 61.0 Å². The molecule has 2 aliphatic rings. The molecule has 1 saturated heterocycles. The lowest BCUT2D eigenvalue weighted by Crippen LogP contribution is -2.40. The number of nitrogens with zero attached hydrogens (tertiary/aromatic N) is 2. The quantitative estimate of drug-likeness (QED) is 0.878. The molecular weight excluding hydrogens is 234 g/mol. The van der Waals surface area contributed by atoms with Crippen molar-refractivity contribution < 1.29 is 4.74 Å². The molecular formula is C12H19N3OS. The Kier molecular flexibility index (Phi) is 3.15. The van der Waals surface area contributed by atoms with Crippen LogP contribution >= 0.6 is 11.5 Å². The molecule has 3 rings (SSSR count). The van der Waals surface area contributed by atoms with Gasteiger partial charge in [0.05, 0.1) is 16.7 Å². The normalized spacial score (nSPS) is 29.6. The number of aromatic nitrogens is 2. The maximum absolute atomic E-state index is 6.34. The first-order chi connectivity index (χ1) is 8.29. The molecule has 2 unspecified atom stereocenters. The Bertz CT molecular complexity index is 362. The number of hydrogen-bond acceptors (Lipinski definition) is 5. The molecule has 1 aliphatic carbocycles. The highest BCUT2D eigenvalue weighted by Gasteiger charge is 2.41. The first kappa shape index (κ1) is 11.6. The van der Waals surface area contributed by atoms with Gasteiger partial charge in [-0.05, 0) is 43.1 Å². The molecule has 0 aromatic carbocycles. The average molecular weight is 253 g/mol. The lowest BCUT2D eigenvalue weighted by atomic mass is 9.80. The largest absolute Gasteiger partial charge is 0.375 e. The van der Waals surface area contributed by atoms with Crippen molar-refractivity contribution in [3.05, 3.63) is 11.1 Å². The van der Waals surface area contributed by atoms with Gasteiger partial charge in [-0.1, -0.05) is 17.3 Å². The second kappa shape index (κ2) is 4.63. The van der Waals surface area contributed by atoms with Gasteiger partial charge in [0, 0.05) is 12.6 Å². The van der Waals surface area contributed by atoms with Crippen LogP contribution in [0.3, 0.4) is 0 Å². The summed E-state index contributed by atoms with van der Waals surface area (Å²) >= 11 is 1.43. The zero-order valence-electron chi connectivity index (χ0n) is 9.97. The van der Waals surface area contributed by atoms with Crippen molar-refractivity contribution in [3.63, 3.8) is 0 Å². The molecule has 4 nitrogen and oxygen atoms in total. The smallest absolute Gasteiger partial charge is 0.0686 e. The standard InChI is InChI=1S/C12H19N3OS/c13-11(10-8-14-15-17-10)9-3-6-16-12(7-9)4-1-2-5-12/h8-9,11H,1-7,13H2. The average Bonchev–Trinajstić information content (AvgIpc) is 3.00. The molecule has 0 radical (unpaired) electrons. The van der Waals surface area contributed by atoms with Crippen molar-refractivity contribution in [2.45, 2.75) is 50.2 Å². The molecule has 2 fully saturated rings. The van der Waals surface area contributed by atoms with E-state index < -0.39 is 0 Å². The van der Waals surface area contributed by atoms with Crippen molar-refractivity contribution in [2.24, 2.45) is 11.7 Å². The fourth-order valence-electron chi connectivity index (χ4n) is 3.29. The van der Waals surface area contributed by atoms with E-state index in [9.17, 15) is 0 Å². The zero-order valence-corrected chi connectivity index (χ0v) is 10.8. The Morgan fingerprint density at radius 2 is 2.29 bits per heavy atom. The molecule has 0 bridgehead atoms. The molecule has 1 aromatic rings. The van der Waals surface area contributed by atoms with Gasteiger partial charge < -0.3 is 10.5 Å². The zero-order chi connectivity index (χ0) is 11.7. The van der Waals surface area contributed by atoms with Crippen LogP contribution in [0.25, 0.3) is 0 Å². The van der Waals surface area contributed by atoms with E-state index in [1.165, 1.54) is 37.2 Å². The van der Waals surface area contributed by atoms with Gasteiger partial charge in [-0.25, -0.2) is 0 Å². The summed E-state index contributed by atoms with van der Waals surface area (Å²) < 4.78 is 9.95. The molecule has 1 spiro atoms. The summed E-state index contributed by atoms with van der Waals surface area (Å²) in [5, 5.41) is 3.88. The first-order valence-electron chi connectivity index (χ1n) is 6.46. The van der Waals surface area contributed by atoms with E-state index in [-0.39, 0.29) is 11.6 Å². The van der Waals surface area contributed by atoms with Crippen molar-refractivity contribution in [1.29, 1.82) is 0 Å². The molecule has 0 amide bonds. The van der Waals surface area contributed by atoms with E-state index in [0.29, 0.717) is 5.92 Å². The van der Waals surface area contributed by atoms with E-state index >= 15 is 0 Å². The van der Waals surface area contributed by atoms with Crippen LogP contribution in [0, 0.1) is 5.92 Å². The molecule has 5 heteroatoms. The van der Waals surface area contributed by atoms with Crippen LogP contribution < -0.4 is 5.73 Å². The maximum Gasteiger partial charge on any atom is 0.0686 e. The maximum atomic E-state index is 6.34. The molecule has 1 aliphatic heterocycles. The summed E-state index contributed by atoms with van der Waals surface area (Å²) in [6.07, 6.45) is 9.06. The van der Waals surface area contributed by atoms with Gasteiger partial charge in [0.15, 0.2) is 0 Å². The third-order valence-electron chi connectivity index (χ3n) is 4.26. The third-order valence-corrected chi connectivity index (χ3v) is 5.02. The molecule has 2 N–H and O–H groups in total. The van der Waals surface area contributed by atoms with E-state index in [1.807, 2.05) is 6.20 Å². The summed E-state index contributed by atoms with van der Waals surface area (Å²) in [4.78, 5) is 1.12. The Morgan fingerprint density at radius 3 is 3.00 bits per heavy atom. The molecule has 1 aromatic heterocycles. The minimum Gasteiger partial charge on any atom is -0.375 e. The molecule has 2 heterocycles. The molecule has 2 atom stereocenters. The first-order valence-corrected chi connectivity index (χ1v) is 7.23. The third kappa shape index (κ3) is 2.23. The van der Waals surface area contributed by atoms with Gasteiger partial charge in [0.1, 0.15) is 0 Å². The summed E-state index contributed by atoms with van der Waals surface area (Å²) in [6, 6.07) is 0.0939. The van der Waals surface area contributed by atoms with Crippen molar-refractivity contribution in [2.75, 3.05) is 6.61 Å². The summed E-state index contributed by atoms with van der Waals surface area (Å²) in [7, 11) is 0. The number of hydrogen-bond donors (Lipinski definition) is 1. The summed E-state index contributed by atoms with van der Waals surface area (Å²) in [5.41, 5.74) is 6.49. The van der Waals surface area contributed by atoms with Crippen LogP contribution in [0.4, 0.5) is 0 Å². The van der Waals surface area contributed by atoms with Gasteiger partial charge in [0.2, 0.25) is 0 Å². The fraction of sp³-hybridized carbons (Fsp3) is 0.833. The van der Waals surface area contributed by atoms with Crippen molar-refractivity contribution >= 4 is 11.5 Å². The lowest BCUT2D eigenvalue weighted by Gasteiger charge is -2.40. The Labute approximate surface area is 106 Å². The minimum absolute atomic E-state index is 0.0939. The SMILES string of the molecule is NC(c1cnns1)C1CCOC2(CCCC2)C1. The van der Waals surface area contributed by atoms with Crippen LogP contribution in [0.15, 0.2) is 6.20 Å².